The van der Waals surface area contributed by atoms with Crippen LogP contribution in [0.15, 0.2) is 40.7 Å². The summed E-state index contributed by atoms with van der Waals surface area (Å²) in [5.41, 5.74) is 2.09. The maximum atomic E-state index is 12.2. The van der Waals surface area contributed by atoms with Crippen molar-refractivity contribution in [1.29, 1.82) is 0 Å². The van der Waals surface area contributed by atoms with Gasteiger partial charge in [0.1, 0.15) is 0 Å². The average molecular weight is 403 g/mol. The second-order valence-electron chi connectivity index (χ2n) is 5.82. The zero-order valence-electron chi connectivity index (χ0n) is 14.2. The monoisotopic (exact) mass is 402 g/mol. The number of hydrogen-bond donors (Lipinski definition) is 2. The van der Waals surface area contributed by atoms with Crippen LogP contribution >= 0.6 is 22.9 Å². The molecule has 0 bridgehead atoms. The van der Waals surface area contributed by atoms with Gasteiger partial charge in [0.25, 0.3) is 5.91 Å². The molecular formula is C18H15ClN4O3S. The number of thiazole rings is 1. The number of amides is 3. The number of halogens is 1. The Balaban J connectivity index is 1.57. The van der Waals surface area contributed by atoms with Gasteiger partial charge in [-0.3, -0.25) is 14.4 Å². The molecule has 1 aromatic heterocycles. The largest absolute Gasteiger partial charge is 0.325 e. The van der Waals surface area contributed by atoms with Crippen molar-refractivity contribution in [3.8, 4) is 0 Å². The fourth-order valence-corrected chi connectivity index (χ4v) is 3.19. The van der Waals surface area contributed by atoms with Crippen LogP contribution in [0.25, 0.3) is 0 Å². The lowest BCUT2D eigenvalue weighted by Gasteiger charge is -2.09. The highest BCUT2D eigenvalue weighted by Crippen LogP contribution is 2.21. The number of aryl methyl sites for hydroxylation is 1. The molecule has 2 aromatic rings. The van der Waals surface area contributed by atoms with Gasteiger partial charge < -0.3 is 10.6 Å². The molecule has 27 heavy (non-hydrogen) atoms. The summed E-state index contributed by atoms with van der Waals surface area (Å²) in [6, 6.07) is 5.26. The van der Waals surface area contributed by atoms with Crippen molar-refractivity contribution in [2.75, 3.05) is 10.6 Å². The molecule has 3 amide bonds. The van der Waals surface area contributed by atoms with Crippen LogP contribution in [0, 0.1) is 12.8 Å². The first-order valence-corrected chi connectivity index (χ1v) is 9.24. The maximum absolute atomic E-state index is 12.2. The zero-order valence-corrected chi connectivity index (χ0v) is 15.8. The van der Waals surface area contributed by atoms with Crippen molar-refractivity contribution in [3.63, 3.8) is 0 Å². The van der Waals surface area contributed by atoms with Gasteiger partial charge in [0.15, 0.2) is 5.13 Å². The third kappa shape index (κ3) is 5.08. The third-order valence-corrected chi connectivity index (χ3v) is 4.75. The van der Waals surface area contributed by atoms with E-state index in [9.17, 15) is 14.4 Å². The molecule has 3 rings (SSSR count). The first-order chi connectivity index (χ1) is 12.9. The number of aromatic nitrogens is 1. The van der Waals surface area contributed by atoms with Gasteiger partial charge >= 0.3 is 0 Å². The van der Waals surface area contributed by atoms with Crippen LogP contribution in [0.4, 0.5) is 10.8 Å². The van der Waals surface area contributed by atoms with E-state index in [2.05, 4.69) is 20.6 Å². The van der Waals surface area contributed by atoms with E-state index in [0.717, 1.165) is 5.56 Å². The minimum atomic E-state index is -0.621. The van der Waals surface area contributed by atoms with Crippen LogP contribution in [0.3, 0.4) is 0 Å². The second kappa shape index (κ2) is 8.24. The second-order valence-corrected chi connectivity index (χ2v) is 7.11. The van der Waals surface area contributed by atoms with Crippen LogP contribution in [0.2, 0.25) is 5.02 Å². The number of carbonyl (C=O) groups excluding carboxylic acids is 3. The summed E-state index contributed by atoms with van der Waals surface area (Å²) in [6.07, 6.45) is 4.07. The van der Waals surface area contributed by atoms with E-state index in [-0.39, 0.29) is 18.2 Å². The van der Waals surface area contributed by atoms with Crippen LogP contribution < -0.4 is 10.6 Å². The summed E-state index contributed by atoms with van der Waals surface area (Å²) in [6.45, 7) is 1.87. The van der Waals surface area contributed by atoms with Crippen molar-refractivity contribution in [1.82, 2.24) is 4.98 Å². The highest BCUT2D eigenvalue weighted by molar-refractivity contribution is 7.14. The molecule has 0 spiro atoms. The Morgan fingerprint density at radius 2 is 2.11 bits per heavy atom. The smallest absolute Gasteiger partial charge is 0.269 e. The molecule has 0 radical (unpaired) electrons. The van der Waals surface area contributed by atoms with E-state index in [1.54, 1.807) is 17.5 Å². The summed E-state index contributed by atoms with van der Waals surface area (Å²) < 4.78 is 0. The molecule has 138 valence electrons. The number of carbonyl (C=O) groups is 3. The van der Waals surface area contributed by atoms with E-state index in [4.69, 9.17) is 11.6 Å². The Bertz CT molecular complexity index is 951. The predicted molar refractivity (Wildman–Crippen MR) is 105 cm³/mol. The van der Waals surface area contributed by atoms with Crippen molar-refractivity contribution >= 4 is 57.7 Å². The van der Waals surface area contributed by atoms with Gasteiger partial charge in [-0.25, -0.2) is 9.98 Å². The summed E-state index contributed by atoms with van der Waals surface area (Å²) in [5, 5.41) is 8.07. The van der Waals surface area contributed by atoms with Crippen molar-refractivity contribution in [3.05, 3.63) is 52.0 Å². The van der Waals surface area contributed by atoms with Gasteiger partial charge in [0.05, 0.1) is 18.0 Å². The van der Waals surface area contributed by atoms with E-state index in [1.165, 1.54) is 29.7 Å². The number of nitrogens with zero attached hydrogens (tertiary/aromatic N) is 2. The predicted octanol–water partition coefficient (Wildman–Crippen LogP) is 3.01. The van der Waals surface area contributed by atoms with Crippen molar-refractivity contribution < 1.29 is 14.4 Å². The summed E-state index contributed by atoms with van der Waals surface area (Å²) >= 11 is 7.17. The van der Waals surface area contributed by atoms with E-state index >= 15 is 0 Å². The van der Waals surface area contributed by atoms with Crippen LogP contribution in [0.1, 0.15) is 11.3 Å². The van der Waals surface area contributed by atoms with E-state index in [1.807, 2.05) is 13.0 Å². The molecule has 1 aliphatic heterocycles. The molecule has 0 saturated carbocycles. The van der Waals surface area contributed by atoms with Gasteiger partial charge in [-0.1, -0.05) is 23.7 Å². The molecule has 2 N–H and O–H groups in total. The molecule has 1 aromatic carbocycles. The van der Waals surface area contributed by atoms with Crippen LogP contribution in [-0.2, 0) is 20.8 Å². The minimum Gasteiger partial charge on any atom is -0.325 e. The summed E-state index contributed by atoms with van der Waals surface area (Å²) in [7, 11) is 0. The normalized spacial score (nSPS) is 15.6. The molecule has 2 heterocycles. The van der Waals surface area contributed by atoms with Crippen molar-refractivity contribution in [2.45, 2.75) is 13.3 Å². The van der Waals surface area contributed by atoms with Crippen molar-refractivity contribution in [2.24, 2.45) is 10.9 Å². The lowest BCUT2D eigenvalue weighted by Crippen LogP contribution is -2.24. The van der Waals surface area contributed by atoms with Gasteiger partial charge in [-0.15, -0.1) is 11.3 Å². The first-order valence-electron chi connectivity index (χ1n) is 7.98. The molecule has 0 fully saturated rings. The van der Waals surface area contributed by atoms with E-state index < -0.39 is 11.8 Å². The molecule has 9 heteroatoms. The molecule has 1 aliphatic rings. The quantitative estimate of drug-likeness (QED) is 0.802. The molecular weight excluding hydrogens is 388 g/mol. The Hall–Kier alpha value is -2.84. The highest BCUT2D eigenvalue weighted by atomic mass is 35.5. The van der Waals surface area contributed by atoms with Gasteiger partial charge in [-0.2, -0.15) is 0 Å². The summed E-state index contributed by atoms with van der Waals surface area (Å²) in [4.78, 5) is 43.2. The SMILES string of the molecule is Cc1ccc(Cl)cc1NC(=O)Cc1csc(NC(=O)C2C=CC(=O)N=C2)n1. The molecule has 1 unspecified atom stereocenters. The Morgan fingerprint density at radius 1 is 1.30 bits per heavy atom. The number of anilines is 2. The number of benzene rings is 1. The van der Waals surface area contributed by atoms with Crippen LogP contribution in [-0.4, -0.2) is 28.9 Å². The third-order valence-electron chi connectivity index (χ3n) is 3.71. The summed E-state index contributed by atoms with van der Waals surface area (Å²) in [5.74, 6) is -1.59. The topological polar surface area (TPSA) is 101 Å². The molecule has 0 saturated heterocycles. The number of nitrogens with one attached hydrogen (secondary N) is 2. The standard InChI is InChI=1S/C18H15ClN4O3S/c1-10-2-4-12(19)6-14(10)22-16(25)7-13-9-27-18(21-13)23-17(26)11-3-5-15(24)20-8-11/h2-6,8-9,11H,7H2,1H3,(H,22,25)(H,21,23,26). The van der Waals surface area contributed by atoms with E-state index in [0.29, 0.717) is 21.5 Å². The lowest BCUT2D eigenvalue weighted by atomic mass is 10.1. The van der Waals surface area contributed by atoms with Crippen LogP contribution in [0.5, 0.6) is 0 Å². The number of hydrogen-bond acceptors (Lipinski definition) is 5. The minimum absolute atomic E-state index is 0.0671. The van der Waals surface area contributed by atoms with Gasteiger partial charge in [0.2, 0.25) is 11.8 Å². The number of aliphatic imine (C=N–C) groups is 1. The fourth-order valence-electron chi connectivity index (χ4n) is 2.31. The Kier molecular flexibility index (Phi) is 5.78. The number of dihydropyridines is 1. The van der Waals surface area contributed by atoms with Gasteiger partial charge in [0, 0.05) is 28.4 Å². The maximum Gasteiger partial charge on any atom is 0.269 e. The average Bonchev–Trinajstić information content (AvgIpc) is 3.05. The zero-order chi connectivity index (χ0) is 19.4. The Morgan fingerprint density at radius 3 is 2.85 bits per heavy atom. The Labute approximate surface area is 164 Å². The highest BCUT2D eigenvalue weighted by Gasteiger charge is 2.18. The molecule has 0 aliphatic carbocycles. The first kappa shape index (κ1) is 18.9. The van der Waals surface area contributed by atoms with Gasteiger partial charge in [-0.05, 0) is 24.6 Å². The number of rotatable bonds is 5. The molecule has 7 nitrogen and oxygen atoms in total. The fraction of sp³-hybridized carbons (Fsp3) is 0.167. The lowest BCUT2D eigenvalue weighted by molar-refractivity contribution is -0.117. The molecule has 1 atom stereocenters.